The molecule has 2 aromatic carbocycles. The standard InChI is InChI=1S/C21H20N4S/c1-3-14-4-6-15(7-5-14)18-13(2)26-21-19(18)20(23-12-24-21)25-17-10-8-16(22)9-11-17/h4-12H,3,22H2,1-2H3,(H,23,24,25). The number of hydrogen-bond donors (Lipinski definition) is 2. The molecule has 0 fully saturated rings. The van der Waals surface area contributed by atoms with Crippen LogP contribution < -0.4 is 11.1 Å². The van der Waals surface area contributed by atoms with Gasteiger partial charge in [0, 0.05) is 21.8 Å². The van der Waals surface area contributed by atoms with Crippen LogP contribution in [0.3, 0.4) is 0 Å². The van der Waals surface area contributed by atoms with Gasteiger partial charge in [-0.15, -0.1) is 11.3 Å². The van der Waals surface area contributed by atoms with E-state index in [2.05, 4.69) is 53.4 Å². The normalized spacial score (nSPS) is 11.0. The van der Waals surface area contributed by atoms with Gasteiger partial charge in [-0.25, -0.2) is 9.97 Å². The number of anilines is 3. The summed E-state index contributed by atoms with van der Waals surface area (Å²) in [6.45, 7) is 4.31. The van der Waals surface area contributed by atoms with E-state index in [-0.39, 0.29) is 0 Å². The first-order valence-corrected chi connectivity index (χ1v) is 9.43. The molecule has 0 radical (unpaired) electrons. The number of nitrogens with one attached hydrogen (secondary N) is 1. The van der Waals surface area contributed by atoms with Crippen LogP contribution in [0.25, 0.3) is 21.3 Å². The van der Waals surface area contributed by atoms with Crippen molar-refractivity contribution in [3.05, 3.63) is 65.3 Å². The van der Waals surface area contributed by atoms with Crippen LogP contribution in [0.5, 0.6) is 0 Å². The van der Waals surface area contributed by atoms with Crippen molar-refractivity contribution >= 4 is 38.7 Å². The lowest BCUT2D eigenvalue weighted by atomic mass is 10.0. The van der Waals surface area contributed by atoms with Crippen LogP contribution in [0.2, 0.25) is 0 Å². The molecule has 2 aromatic heterocycles. The van der Waals surface area contributed by atoms with Gasteiger partial charge in [-0.3, -0.25) is 0 Å². The predicted molar refractivity (Wildman–Crippen MR) is 111 cm³/mol. The fourth-order valence-corrected chi connectivity index (χ4v) is 4.11. The van der Waals surface area contributed by atoms with E-state index in [0.29, 0.717) is 0 Å². The molecule has 0 saturated carbocycles. The van der Waals surface area contributed by atoms with Gasteiger partial charge in [0.1, 0.15) is 17.0 Å². The number of thiophene rings is 1. The Balaban J connectivity index is 1.84. The zero-order valence-electron chi connectivity index (χ0n) is 14.8. The minimum Gasteiger partial charge on any atom is -0.399 e. The van der Waals surface area contributed by atoms with E-state index in [1.165, 1.54) is 21.6 Å². The Bertz CT molecular complexity index is 1050. The first-order valence-electron chi connectivity index (χ1n) is 8.61. The molecular weight excluding hydrogens is 340 g/mol. The van der Waals surface area contributed by atoms with Gasteiger partial charge in [-0.2, -0.15) is 0 Å². The Morgan fingerprint density at radius 2 is 1.73 bits per heavy atom. The minimum absolute atomic E-state index is 0.742. The van der Waals surface area contributed by atoms with Crippen LogP contribution in [-0.2, 0) is 6.42 Å². The van der Waals surface area contributed by atoms with E-state index in [9.17, 15) is 0 Å². The van der Waals surface area contributed by atoms with Crippen LogP contribution in [0.15, 0.2) is 54.9 Å². The maximum Gasteiger partial charge on any atom is 0.143 e. The van der Waals surface area contributed by atoms with Crippen LogP contribution >= 0.6 is 11.3 Å². The molecule has 3 N–H and O–H groups in total. The van der Waals surface area contributed by atoms with Crippen molar-refractivity contribution < 1.29 is 0 Å². The number of benzene rings is 2. The summed E-state index contributed by atoms with van der Waals surface area (Å²) in [7, 11) is 0. The molecule has 2 heterocycles. The van der Waals surface area contributed by atoms with Crippen molar-refractivity contribution in [3.8, 4) is 11.1 Å². The molecule has 4 nitrogen and oxygen atoms in total. The average molecular weight is 360 g/mol. The van der Waals surface area contributed by atoms with E-state index in [0.717, 1.165) is 33.8 Å². The lowest BCUT2D eigenvalue weighted by molar-refractivity contribution is 1.14. The molecule has 0 saturated heterocycles. The zero-order valence-corrected chi connectivity index (χ0v) is 15.6. The molecule has 0 aliphatic heterocycles. The number of aryl methyl sites for hydroxylation is 2. The van der Waals surface area contributed by atoms with Crippen LogP contribution in [0, 0.1) is 6.92 Å². The van der Waals surface area contributed by atoms with Gasteiger partial charge in [-0.05, 0) is 48.7 Å². The highest BCUT2D eigenvalue weighted by molar-refractivity contribution is 7.19. The van der Waals surface area contributed by atoms with Crippen LogP contribution in [0.1, 0.15) is 17.4 Å². The molecule has 0 amide bonds. The summed E-state index contributed by atoms with van der Waals surface area (Å²) in [4.78, 5) is 11.2. The van der Waals surface area contributed by atoms with Gasteiger partial charge in [0.25, 0.3) is 0 Å². The summed E-state index contributed by atoms with van der Waals surface area (Å²) < 4.78 is 0. The number of fused-ring (bicyclic) bond motifs is 1. The first kappa shape index (κ1) is 16.5. The molecule has 5 heteroatoms. The largest absolute Gasteiger partial charge is 0.399 e. The van der Waals surface area contributed by atoms with E-state index < -0.39 is 0 Å². The van der Waals surface area contributed by atoms with Gasteiger partial charge in [0.15, 0.2) is 0 Å². The van der Waals surface area contributed by atoms with Crippen LogP contribution in [0.4, 0.5) is 17.2 Å². The van der Waals surface area contributed by atoms with Crippen LogP contribution in [-0.4, -0.2) is 9.97 Å². The molecule has 26 heavy (non-hydrogen) atoms. The molecule has 0 spiro atoms. The molecule has 0 unspecified atom stereocenters. The van der Waals surface area contributed by atoms with Crippen molar-refractivity contribution in [2.24, 2.45) is 0 Å². The summed E-state index contributed by atoms with van der Waals surface area (Å²) in [5.74, 6) is 0.818. The van der Waals surface area contributed by atoms with E-state index >= 15 is 0 Å². The van der Waals surface area contributed by atoms with Gasteiger partial charge in [0.05, 0.1) is 5.39 Å². The van der Waals surface area contributed by atoms with Crippen molar-refractivity contribution in [3.63, 3.8) is 0 Å². The summed E-state index contributed by atoms with van der Waals surface area (Å²) in [5.41, 5.74) is 11.2. The highest BCUT2D eigenvalue weighted by Gasteiger charge is 2.16. The van der Waals surface area contributed by atoms with E-state index in [1.807, 2.05) is 24.3 Å². The average Bonchev–Trinajstić information content (AvgIpc) is 3.00. The molecule has 4 aromatic rings. The quantitative estimate of drug-likeness (QED) is 0.468. The third-order valence-electron chi connectivity index (χ3n) is 4.49. The lowest BCUT2D eigenvalue weighted by Gasteiger charge is -2.09. The van der Waals surface area contributed by atoms with Crippen molar-refractivity contribution in [2.75, 3.05) is 11.1 Å². The summed E-state index contributed by atoms with van der Waals surface area (Å²) in [5, 5.41) is 4.49. The second-order valence-corrected chi connectivity index (χ2v) is 7.44. The number of aromatic nitrogens is 2. The first-order chi connectivity index (χ1) is 12.7. The van der Waals surface area contributed by atoms with Crippen molar-refractivity contribution in [1.82, 2.24) is 9.97 Å². The number of nitrogens with two attached hydrogens (primary N) is 1. The fourth-order valence-electron chi connectivity index (χ4n) is 3.10. The predicted octanol–water partition coefficient (Wildman–Crippen LogP) is 5.55. The SMILES string of the molecule is CCc1ccc(-c2c(C)sc3ncnc(Nc4ccc(N)cc4)c23)cc1. The number of hydrogen-bond acceptors (Lipinski definition) is 5. The van der Waals surface area contributed by atoms with E-state index in [1.54, 1.807) is 17.7 Å². The molecular formula is C21H20N4S. The van der Waals surface area contributed by atoms with Gasteiger partial charge in [-0.1, -0.05) is 31.2 Å². The molecule has 0 aliphatic rings. The zero-order chi connectivity index (χ0) is 18.1. The summed E-state index contributed by atoms with van der Waals surface area (Å²) in [6, 6.07) is 16.4. The molecule has 0 bridgehead atoms. The van der Waals surface area contributed by atoms with Crippen molar-refractivity contribution in [2.45, 2.75) is 20.3 Å². The Hall–Kier alpha value is -2.92. The maximum absolute atomic E-state index is 5.79. The third kappa shape index (κ3) is 3.02. The van der Waals surface area contributed by atoms with Gasteiger partial charge in [0.2, 0.25) is 0 Å². The maximum atomic E-state index is 5.79. The molecule has 0 atom stereocenters. The monoisotopic (exact) mass is 360 g/mol. The highest BCUT2D eigenvalue weighted by Crippen LogP contribution is 2.41. The molecule has 0 aliphatic carbocycles. The smallest absolute Gasteiger partial charge is 0.143 e. The number of rotatable bonds is 4. The third-order valence-corrected chi connectivity index (χ3v) is 5.50. The number of nitrogen functional groups attached to an aromatic ring is 1. The van der Waals surface area contributed by atoms with E-state index in [4.69, 9.17) is 5.73 Å². The Morgan fingerprint density at radius 1 is 1.00 bits per heavy atom. The summed E-state index contributed by atoms with van der Waals surface area (Å²) in [6.07, 6.45) is 2.65. The lowest BCUT2D eigenvalue weighted by Crippen LogP contribution is -1.96. The Labute approximate surface area is 156 Å². The second kappa shape index (κ2) is 6.77. The van der Waals surface area contributed by atoms with Gasteiger partial charge < -0.3 is 11.1 Å². The number of nitrogens with zero attached hydrogens (tertiary/aromatic N) is 2. The highest BCUT2D eigenvalue weighted by atomic mass is 32.1. The Kier molecular flexibility index (Phi) is 4.31. The molecule has 130 valence electrons. The Morgan fingerprint density at radius 3 is 2.42 bits per heavy atom. The fraction of sp³-hybridized carbons (Fsp3) is 0.143. The topological polar surface area (TPSA) is 63.8 Å². The second-order valence-electron chi connectivity index (χ2n) is 6.23. The van der Waals surface area contributed by atoms with Crippen molar-refractivity contribution in [1.29, 1.82) is 0 Å². The minimum atomic E-state index is 0.742. The summed E-state index contributed by atoms with van der Waals surface area (Å²) >= 11 is 1.70. The van der Waals surface area contributed by atoms with Gasteiger partial charge >= 0.3 is 0 Å². The molecule has 4 rings (SSSR count).